The van der Waals surface area contributed by atoms with Crippen molar-refractivity contribution in [1.29, 1.82) is 0 Å². The van der Waals surface area contributed by atoms with Crippen molar-refractivity contribution in [1.82, 2.24) is 0 Å². The number of hydrogen-bond acceptors (Lipinski definition) is 6. The summed E-state index contributed by atoms with van der Waals surface area (Å²) in [7, 11) is 0. The molecule has 78 valence electrons. The van der Waals surface area contributed by atoms with Gasteiger partial charge in [-0.15, -0.1) is 0 Å². The van der Waals surface area contributed by atoms with Crippen LogP contribution in [0.2, 0.25) is 0 Å². The van der Waals surface area contributed by atoms with Gasteiger partial charge in [0.25, 0.3) is 0 Å². The molecule has 6 N–H and O–H groups in total. The zero-order valence-electron chi connectivity index (χ0n) is 6.62. The average molecular weight is 197 g/mol. The van der Waals surface area contributed by atoms with E-state index in [0.29, 0.717) is 0 Å². The van der Waals surface area contributed by atoms with Crippen molar-refractivity contribution in [3.8, 4) is 0 Å². The van der Waals surface area contributed by atoms with Crippen LogP contribution in [0.4, 0.5) is 4.39 Å². The molecular formula is C6H12FNO5. The van der Waals surface area contributed by atoms with Crippen LogP contribution in [0.15, 0.2) is 0 Å². The van der Waals surface area contributed by atoms with E-state index in [1.54, 1.807) is 0 Å². The van der Waals surface area contributed by atoms with Gasteiger partial charge < -0.3 is 30.9 Å². The summed E-state index contributed by atoms with van der Waals surface area (Å²) < 4.78 is 16.8. The molecule has 0 amide bonds. The summed E-state index contributed by atoms with van der Waals surface area (Å²) in [5.41, 5.74) is 5.19. The highest BCUT2D eigenvalue weighted by molar-refractivity contribution is 4.91. The molecule has 1 heterocycles. The maximum absolute atomic E-state index is 12.3. The number of rotatable bonds is 1. The van der Waals surface area contributed by atoms with Crippen LogP contribution in [0.25, 0.3) is 0 Å². The van der Waals surface area contributed by atoms with Crippen molar-refractivity contribution in [2.75, 3.05) is 0 Å². The molecule has 0 radical (unpaired) electrons. The Morgan fingerprint density at radius 3 is 2.23 bits per heavy atom. The Labute approximate surface area is 73.4 Å². The van der Waals surface area contributed by atoms with Crippen molar-refractivity contribution >= 4 is 0 Å². The van der Waals surface area contributed by atoms with Crippen LogP contribution in [-0.2, 0) is 4.74 Å². The quantitative estimate of drug-likeness (QED) is 0.307. The lowest BCUT2D eigenvalue weighted by atomic mass is 9.97. The molecule has 0 aliphatic carbocycles. The highest BCUT2D eigenvalue weighted by atomic mass is 19.1. The highest BCUT2D eigenvalue weighted by Crippen LogP contribution is 2.21. The minimum absolute atomic E-state index is 1.22. The fraction of sp³-hybridized carbons (Fsp3) is 1.00. The fourth-order valence-electron chi connectivity index (χ4n) is 1.15. The number of hydrogen-bond donors (Lipinski definition) is 5. The highest BCUT2D eigenvalue weighted by Gasteiger charge is 2.45. The monoisotopic (exact) mass is 197 g/mol. The third-order valence-corrected chi connectivity index (χ3v) is 1.98. The van der Waals surface area contributed by atoms with Gasteiger partial charge in [-0.25, -0.2) is 4.39 Å². The van der Waals surface area contributed by atoms with E-state index in [2.05, 4.69) is 4.74 Å². The van der Waals surface area contributed by atoms with E-state index < -0.39 is 37.0 Å². The molecule has 0 aromatic rings. The summed E-state index contributed by atoms with van der Waals surface area (Å²) in [5.74, 6) is 0. The Kier molecular flexibility index (Phi) is 3.17. The van der Waals surface area contributed by atoms with Gasteiger partial charge in [-0.05, 0) is 0 Å². The SMILES string of the molecule is N[C@H]1C(O)O[C@H](C(O)F)[C@@H](O)[C@@H]1O. The van der Waals surface area contributed by atoms with Gasteiger partial charge in [-0.3, -0.25) is 0 Å². The Morgan fingerprint density at radius 2 is 1.77 bits per heavy atom. The predicted octanol–water partition coefficient (Wildman–Crippen LogP) is -2.96. The Hall–Kier alpha value is -0.310. The smallest absolute Gasteiger partial charge is 0.225 e. The van der Waals surface area contributed by atoms with E-state index in [1.807, 2.05) is 0 Å². The molecule has 13 heavy (non-hydrogen) atoms. The standard InChI is InChI=1S/C6H12FNO5/c7-5(11)4-3(10)2(9)1(8)6(12)13-4/h1-6,9-12H,8H2/t1-,2-,3+,4+,5?,6?/m1/s1. The van der Waals surface area contributed by atoms with Gasteiger partial charge >= 0.3 is 0 Å². The van der Waals surface area contributed by atoms with E-state index in [-0.39, 0.29) is 0 Å². The number of alkyl halides is 1. The van der Waals surface area contributed by atoms with Crippen molar-refractivity contribution < 1.29 is 29.6 Å². The van der Waals surface area contributed by atoms with Gasteiger partial charge in [0, 0.05) is 0 Å². The lowest BCUT2D eigenvalue weighted by Gasteiger charge is -2.38. The molecule has 6 nitrogen and oxygen atoms in total. The molecule has 1 aliphatic heterocycles. The second-order valence-electron chi connectivity index (χ2n) is 2.92. The van der Waals surface area contributed by atoms with E-state index in [4.69, 9.17) is 26.2 Å². The van der Waals surface area contributed by atoms with E-state index in [0.717, 1.165) is 0 Å². The van der Waals surface area contributed by atoms with Gasteiger partial charge in [0.2, 0.25) is 6.36 Å². The minimum Gasteiger partial charge on any atom is -0.388 e. The fourth-order valence-corrected chi connectivity index (χ4v) is 1.15. The van der Waals surface area contributed by atoms with Gasteiger partial charge in [0.1, 0.15) is 18.3 Å². The molecule has 1 rings (SSSR count). The minimum atomic E-state index is -2.48. The number of aliphatic hydroxyl groups is 4. The summed E-state index contributed by atoms with van der Waals surface area (Å²) in [6.45, 7) is 0. The molecule has 0 aromatic carbocycles. The molecule has 1 fully saturated rings. The molecule has 1 aliphatic rings. The van der Waals surface area contributed by atoms with Crippen molar-refractivity contribution in [3.63, 3.8) is 0 Å². The van der Waals surface area contributed by atoms with Crippen molar-refractivity contribution in [3.05, 3.63) is 0 Å². The summed E-state index contributed by atoms with van der Waals surface area (Å²) in [6.07, 6.45) is -8.94. The maximum Gasteiger partial charge on any atom is 0.225 e. The predicted molar refractivity (Wildman–Crippen MR) is 38.0 cm³/mol. The van der Waals surface area contributed by atoms with Gasteiger partial charge in [0.15, 0.2) is 6.29 Å². The van der Waals surface area contributed by atoms with E-state index in [1.165, 1.54) is 0 Å². The molecule has 2 unspecified atom stereocenters. The maximum atomic E-state index is 12.3. The summed E-state index contributed by atoms with van der Waals surface area (Å²) >= 11 is 0. The van der Waals surface area contributed by atoms with Crippen molar-refractivity contribution in [2.45, 2.75) is 37.0 Å². The van der Waals surface area contributed by atoms with Crippen LogP contribution in [0.5, 0.6) is 0 Å². The van der Waals surface area contributed by atoms with Crippen molar-refractivity contribution in [2.24, 2.45) is 5.73 Å². The zero-order valence-corrected chi connectivity index (χ0v) is 6.62. The summed E-state index contributed by atoms with van der Waals surface area (Å²) in [6, 6.07) is -1.22. The number of ether oxygens (including phenoxy) is 1. The third kappa shape index (κ3) is 1.96. The van der Waals surface area contributed by atoms with Gasteiger partial charge in [0.05, 0.1) is 6.04 Å². The van der Waals surface area contributed by atoms with Crippen LogP contribution in [0.3, 0.4) is 0 Å². The first-order valence-electron chi connectivity index (χ1n) is 3.72. The summed E-state index contributed by atoms with van der Waals surface area (Å²) in [4.78, 5) is 0. The first kappa shape index (κ1) is 10.8. The Morgan fingerprint density at radius 1 is 1.23 bits per heavy atom. The molecular weight excluding hydrogens is 185 g/mol. The average Bonchev–Trinajstić information content (AvgIpc) is 2.07. The largest absolute Gasteiger partial charge is 0.388 e. The van der Waals surface area contributed by atoms with E-state index >= 15 is 0 Å². The Balaban J connectivity index is 2.70. The van der Waals surface area contributed by atoms with Crippen LogP contribution in [0, 0.1) is 0 Å². The van der Waals surface area contributed by atoms with Gasteiger partial charge in [-0.1, -0.05) is 0 Å². The zero-order chi connectivity index (χ0) is 10.2. The topological polar surface area (TPSA) is 116 Å². The normalized spacial score (nSPS) is 48.9. The van der Waals surface area contributed by atoms with E-state index in [9.17, 15) is 4.39 Å². The number of aliphatic hydroxyl groups excluding tert-OH is 4. The molecule has 6 atom stereocenters. The van der Waals surface area contributed by atoms with Crippen LogP contribution in [-0.4, -0.2) is 57.4 Å². The van der Waals surface area contributed by atoms with Crippen LogP contribution in [0.1, 0.15) is 0 Å². The van der Waals surface area contributed by atoms with Gasteiger partial charge in [-0.2, -0.15) is 0 Å². The second kappa shape index (κ2) is 3.82. The van der Waals surface area contributed by atoms with Crippen LogP contribution >= 0.6 is 0 Å². The number of halogens is 1. The van der Waals surface area contributed by atoms with Crippen LogP contribution < -0.4 is 5.73 Å². The third-order valence-electron chi connectivity index (χ3n) is 1.98. The molecule has 0 spiro atoms. The Bertz CT molecular complexity index is 180. The first-order chi connectivity index (χ1) is 5.95. The molecule has 0 aromatic heterocycles. The molecule has 0 saturated carbocycles. The molecule has 0 bridgehead atoms. The second-order valence-corrected chi connectivity index (χ2v) is 2.92. The molecule has 7 heteroatoms. The first-order valence-corrected chi connectivity index (χ1v) is 3.72. The lowest BCUT2D eigenvalue weighted by molar-refractivity contribution is -0.277. The lowest BCUT2D eigenvalue weighted by Crippen LogP contribution is -2.63. The number of nitrogens with two attached hydrogens (primary N) is 1. The molecule has 1 saturated heterocycles. The summed E-state index contributed by atoms with van der Waals surface area (Å²) in [5, 5.41) is 35.7.